The highest BCUT2D eigenvalue weighted by Crippen LogP contribution is 2.07. The number of carbonyl (C=O) groups is 1. The second-order valence-corrected chi connectivity index (χ2v) is 5.17. The largest absolute Gasteiger partial charge is 0.469 e. The molecule has 5 nitrogen and oxygen atoms in total. The average molecular weight is 283 g/mol. The Bertz CT molecular complexity index is 404. The average Bonchev–Trinajstić information content (AvgIpc) is 2.94. The smallest absolute Gasteiger partial charge is 0.310 e. The SMILES string of the molecule is CN=C(NCCc1cccs1)NCC(C)C(=O)OC. The molecule has 0 aliphatic rings. The summed E-state index contributed by atoms with van der Waals surface area (Å²) in [5.41, 5.74) is 0. The van der Waals surface area contributed by atoms with Gasteiger partial charge in [-0.05, 0) is 17.9 Å². The van der Waals surface area contributed by atoms with Crippen molar-refractivity contribution in [3.05, 3.63) is 22.4 Å². The summed E-state index contributed by atoms with van der Waals surface area (Å²) in [4.78, 5) is 16.7. The minimum absolute atomic E-state index is 0.194. The van der Waals surface area contributed by atoms with Crippen LogP contribution in [0.3, 0.4) is 0 Å². The maximum atomic E-state index is 11.3. The van der Waals surface area contributed by atoms with Gasteiger partial charge in [-0.15, -0.1) is 11.3 Å². The van der Waals surface area contributed by atoms with Crippen molar-refractivity contribution in [2.24, 2.45) is 10.9 Å². The first-order valence-corrected chi connectivity index (χ1v) is 7.10. The summed E-state index contributed by atoms with van der Waals surface area (Å²) in [6, 6.07) is 4.16. The molecule has 1 aromatic rings. The molecule has 0 aromatic carbocycles. The summed E-state index contributed by atoms with van der Waals surface area (Å²) in [5.74, 6) is 0.287. The summed E-state index contributed by atoms with van der Waals surface area (Å²) in [6.07, 6.45) is 0.963. The van der Waals surface area contributed by atoms with Crippen molar-refractivity contribution < 1.29 is 9.53 Å². The second kappa shape index (κ2) is 8.53. The third-order valence-corrected chi connectivity index (χ3v) is 3.58. The first-order chi connectivity index (χ1) is 9.17. The van der Waals surface area contributed by atoms with Gasteiger partial charge < -0.3 is 15.4 Å². The van der Waals surface area contributed by atoms with Crippen LogP contribution in [0.4, 0.5) is 0 Å². The van der Waals surface area contributed by atoms with Crippen LogP contribution in [0.2, 0.25) is 0 Å². The molecule has 1 atom stereocenters. The Balaban J connectivity index is 2.24. The van der Waals surface area contributed by atoms with E-state index < -0.39 is 0 Å². The molecule has 2 N–H and O–H groups in total. The fourth-order valence-corrected chi connectivity index (χ4v) is 2.22. The summed E-state index contributed by atoms with van der Waals surface area (Å²) >= 11 is 1.75. The number of thiophene rings is 1. The van der Waals surface area contributed by atoms with E-state index >= 15 is 0 Å². The highest BCUT2D eigenvalue weighted by atomic mass is 32.1. The van der Waals surface area contributed by atoms with E-state index in [2.05, 4.69) is 31.8 Å². The van der Waals surface area contributed by atoms with Crippen LogP contribution in [-0.4, -0.2) is 39.2 Å². The lowest BCUT2D eigenvalue weighted by Crippen LogP contribution is -2.41. The summed E-state index contributed by atoms with van der Waals surface area (Å²) < 4.78 is 4.67. The molecule has 0 saturated heterocycles. The van der Waals surface area contributed by atoms with Crippen molar-refractivity contribution in [1.29, 1.82) is 0 Å². The monoisotopic (exact) mass is 283 g/mol. The zero-order valence-corrected chi connectivity index (χ0v) is 12.4. The third-order valence-electron chi connectivity index (χ3n) is 2.65. The minimum atomic E-state index is -0.221. The van der Waals surface area contributed by atoms with Crippen LogP contribution in [0.1, 0.15) is 11.8 Å². The number of hydrogen-bond donors (Lipinski definition) is 2. The standard InChI is InChI=1S/C13H21N3O2S/c1-10(12(17)18-3)9-16-13(14-2)15-7-6-11-5-4-8-19-11/h4-5,8,10H,6-7,9H2,1-3H3,(H2,14,15,16). The molecule has 1 unspecified atom stereocenters. The van der Waals surface area contributed by atoms with Crippen molar-refractivity contribution in [3.63, 3.8) is 0 Å². The number of carbonyl (C=O) groups excluding carboxylic acids is 1. The van der Waals surface area contributed by atoms with Gasteiger partial charge >= 0.3 is 5.97 Å². The Morgan fingerprint density at radius 1 is 1.53 bits per heavy atom. The van der Waals surface area contributed by atoms with E-state index in [9.17, 15) is 4.79 Å². The minimum Gasteiger partial charge on any atom is -0.469 e. The van der Waals surface area contributed by atoms with E-state index in [1.54, 1.807) is 18.4 Å². The maximum Gasteiger partial charge on any atom is 0.310 e. The van der Waals surface area contributed by atoms with Crippen LogP contribution >= 0.6 is 11.3 Å². The van der Waals surface area contributed by atoms with E-state index in [4.69, 9.17) is 0 Å². The van der Waals surface area contributed by atoms with Crippen molar-refractivity contribution >= 4 is 23.3 Å². The molecular weight excluding hydrogens is 262 g/mol. The highest BCUT2D eigenvalue weighted by Gasteiger charge is 2.13. The number of methoxy groups -OCH3 is 1. The lowest BCUT2D eigenvalue weighted by atomic mass is 10.2. The van der Waals surface area contributed by atoms with Crippen molar-refractivity contribution in [2.75, 3.05) is 27.2 Å². The van der Waals surface area contributed by atoms with Gasteiger partial charge in [0.2, 0.25) is 0 Å². The van der Waals surface area contributed by atoms with Gasteiger partial charge in [0, 0.05) is 25.0 Å². The molecule has 1 heterocycles. The number of hydrogen-bond acceptors (Lipinski definition) is 4. The molecule has 1 rings (SSSR count). The van der Waals surface area contributed by atoms with Gasteiger partial charge in [0.15, 0.2) is 5.96 Å². The molecule has 0 radical (unpaired) electrons. The van der Waals surface area contributed by atoms with E-state index in [1.807, 2.05) is 13.0 Å². The topological polar surface area (TPSA) is 62.7 Å². The number of aliphatic imine (C=N–C) groups is 1. The molecular formula is C13H21N3O2S. The van der Waals surface area contributed by atoms with Crippen LogP contribution in [-0.2, 0) is 16.0 Å². The molecule has 0 spiro atoms. The Labute approximate surface area is 118 Å². The van der Waals surface area contributed by atoms with Crippen molar-refractivity contribution in [3.8, 4) is 0 Å². The van der Waals surface area contributed by atoms with Crippen LogP contribution in [0.15, 0.2) is 22.5 Å². The molecule has 0 amide bonds. The first kappa shape index (κ1) is 15.5. The van der Waals surface area contributed by atoms with Crippen LogP contribution in [0.5, 0.6) is 0 Å². The number of ether oxygens (including phenoxy) is 1. The van der Waals surface area contributed by atoms with E-state index in [0.717, 1.165) is 13.0 Å². The maximum absolute atomic E-state index is 11.3. The summed E-state index contributed by atoms with van der Waals surface area (Å²) in [5, 5.41) is 8.39. The molecule has 0 aliphatic carbocycles. The summed E-state index contributed by atoms with van der Waals surface area (Å²) in [7, 11) is 3.11. The van der Waals surface area contributed by atoms with Gasteiger partial charge in [0.1, 0.15) is 0 Å². The van der Waals surface area contributed by atoms with Gasteiger partial charge in [-0.3, -0.25) is 9.79 Å². The predicted molar refractivity (Wildman–Crippen MR) is 78.6 cm³/mol. The molecule has 0 bridgehead atoms. The predicted octanol–water partition coefficient (Wildman–Crippen LogP) is 1.26. The van der Waals surface area contributed by atoms with Crippen molar-refractivity contribution in [1.82, 2.24) is 10.6 Å². The Kier molecular flexibility index (Phi) is 6.95. The van der Waals surface area contributed by atoms with Crippen LogP contribution in [0, 0.1) is 5.92 Å². The zero-order valence-electron chi connectivity index (χ0n) is 11.6. The summed E-state index contributed by atoms with van der Waals surface area (Å²) in [6.45, 7) is 3.13. The number of esters is 1. The molecule has 19 heavy (non-hydrogen) atoms. The Morgan fingerprint density at radius 3 is 2.89 bits per heavy atom. The normalized spacial score (nSPS) is 12.9. The lowest BCUT2D eigenvalue weighted by molar-refractivity contribution is -0.144. The number of nitrogens with zero attached hydrogens (tertiary/aromatic N) is 1. The zero-order chi connectivity index (χ0) is 14.1. The van der Waals surface area contributed by atoms with Gasteiger partial charge in [-0.1, -0.05) is 13.0 Å². The van der Waals surface area contributed by atoms with E-state index in [-0.39, 0.29) is 11.9 Å². The van der Waals surface area contributed by atoms with Gasteiger partial charge in [-0.2, -0.15) is 0 Å². The number of rotatable bonds is 6. The Hall–Kier alpha value is -1.56. The fourth-order valence-electron chi connectivity index (χ4n) is 1.51. The first-order valence-electron chi connectivity index (χ1n) is 6.22. The second-order valence-electron chi connectivity index (χ2n) is 4.13. The quantitative estimate of drug-likeness (QED) is 0.469. The molecule has 106 valence electrons. The Morgan fingerprint density at radius 2 is 2.32 bits per heavy atom. The molecule has 0 fully saturated rings. The van der Waals surface area contributed by atoms with E-state index in [1.165, 1.54) is 12.0 Å². The highest BCUT2D eigenvalue weighted by molar-refractivity contribution is 7.09. The molecule has 0 aliphatic heterocycles. The number of guanidine groups is 1. The fraction of sp³-hybridized carbons (Fsp3) is 0.538. The molecule has 6 heteroatoms. The van der Waals surface area contributed by atoms with Crippen LogP contribution in [0.25, 0.3) is 0 Å². The lowest BCUT2D eigenvalue weighted by Gasteiger charge is -2.14. The van der Waals surface area contributed by atoms with Crippen LogP contribution < -0.4 is 10.6 Å². The third kappa shape index (κ3) is 5.74. The van der Waals surface area contributed by atoms with Crippen molar-refractivity contribution in [2.45, 2.75) is 13.3 Å². The van der Waals surface area contributed by atoms with E-state index in [0.29, 0.717) is 12.5 Å². The molecule has 1 aromatic heterocycles. The van der Waals surface area contributed by atoms with Gasteiger partial charge in [-0.25, -0.2) is 0 Å². The number of nitrogens with one attached hydrogen (secondary N) is 2. The molecule has 0 saturated carbocycles. The van der Waals surface area contributed by atoms with Gasteiger partial charge in [0.25, 0.3) is 0 Å². The van der Waals surface area contributed by atoms with Gasteiger partial charge in [0.05, 0.1) is 13.0 Å².